The molecule has 0 radical (unpaired) electrons. The molecule has 0 heterocycles. The van der Waals surface area contributed by atoms with Crippen LogP contribution in [0.15, 0.2) is 0 Å². The molecular weight excluding hydrogens is 969 g/mol. The van der Waals surface area contributed by atoms with Gasteiger partial charge in [0.2, 0.25) is 5.91 Å². The molecule has 1 rings (SSSR count). The molecule has 1 unspecified atom stereocenters. The summed E-state index contributed by atoms with van der Waals surface area (Å²) in [5, 5.41) is 5.30. The maximum Gasteiger partial charge on any atom is 0.303 e. The zero-order valence-electron chi connectivity index (χ0n) is 26.2. The number of benzene rings is 1. The van der Waals surface area contributed by atoms with Crippen molar-refractivity contribution in [3.63, 3.8) is 0 Å². The average Bonchev–Trinajstić information content (AvgIpc) is 2.95. The highest BCUT2D eigenvalue weighted by atomic mass is 127. The van der Waals surface area contributed by atoms with Gasteiger partial charge in [-0.1, -0.05) is 0 Å². The van der Waals surface area contributed by atoms with Gasteiger partial charge in [0.05, 0.1) is 21.4 Å². The van der Waals surface area contributed by atoms with E-state index < -0.39 is 79.0 Å². The van der Waals surface area contributed by atoms with Crippen molar-refractivity contribution in [3.05, 3.63) is 21.8 Å². The third kappa shape index (κ3) is 14.0. The number of esters is 6. The third-order valence-corrected chi connectivity index (χ3v) is 9.19. The highest BCUT2D eigenvalue weighted by Gasteiger charge is 2.44. The first kappa shape index (κ1) is 42.2. The first-order chi connectivity index (χ1) is 21.8. The zero-order chi connectivity index (χ0) is 36.1. The molecule has 0 spiro atoms. The lowest BCUT2D eigenvalue weighted by Crippen LogP contribution is -2.49. The summed E-state index contributed by atoms with van der Waals surface area (Å²) < 4.78 is 31.5. The minimum absolute atomic E-state index is 0.0312. The Morgan fingerprint density at radius 2 is 1.11 bits per heavy atom. The summed E-state index contributed by atoms with van der Waals surface area (Å²) >= 11 is 5.59. The molecule has 0 aliphatic rings. The Morgan fingerprint density at radius 3 is 1.53 bits per heavy atom. The molecule has 0 fully saturated rings. The lowest BCUT2D eigenvalue weighted by atomic mass is 9.89. The Balaban J connectivity index is 3.74. The van der Waals surface area contributed by atoms with Gasteiger partial charge >= 0.3 is 35.8 Å². The molecule has 0 aromatic heterocycles. The van der Waals surface area contributed by atoms with Crippen LogP contribution >= 0.6 is 67.8 Å². The predicted octanol–water partition coefficient (Wildman–Crippen LogP) is 2.40. The molecule has 16 nitrogen and oxygen atoms in total. The van der Waals surface area contributed by atoms with Crippen LogP contribution in [0.1, 0.15) is 57.5 Å². The number of nitrogens with one attached hydrogen (secondary N) is 2. The summed E-state index contributed by atoms with van der Waals surface area (Å²) in [5.74, 6) is -5.83. The van der Waals surface area contributed by atoms with Crippen molar-refractivity contribution < 1.29 is 66.8 Å². The van der Waals surface area contributed by atoms with E-state index in [0.717, 1.165) is 27.7 Å². The molecule has 260 valence electrons. The van der Waals surface area contributed by atoms with Gasteiger partial charge in [0, 0.05) is 54.2 Å². The van der Waals surface area contributed by atoms with Crippen LogP contribution < -0.4 is 10.6 Å². The summed E-state index contributed by atoms with van der Waals surface area (Å²) in [6, 6.07) is 0. The van der Waals surface area contributed by atoms with Crippen LogP contribution in [0.4, 0.5) is 5.69 Å². The maximum absolute atomic E-state index is 14.0. The first-order valence-electron chi connectivity index (χ1n) is 13.4. The summed E-state index contributed by atoms with van der Waals surface area (Å²) in [6.07, 6.45) is -1.02. The van der Waals surface area contributed by atoms with Crippen molar-refractivity contribution in [3.8, 4) is 0 Å². The lowest BCUT2D eigenvalue weighted by molar-refractivity contribution is -0.163. The number of halogens is 3. The van der Waals surface area contributed by atoms with E-state index in [1.54, 1.807) is 0 Å². The van der Waals surface area contributed by atoms with Crippen molar-refractivity contribution in [2.45, 2.75) is 54.3 Å². The van der Waals surface area contributed by atoms with Crippen LogP contribution in [0, 0.1) is 16.1 Å². The Morgan fingerprint density at radius 1 is 0.638 bits per heavy atom. The number of carbonyl (C=O) groups is 8. The minimum Gasteiger partial charge on any atom is -0.464 e. The van der Waals surface area contributed by atoms with E-state index >= 15 is 0 Å². The van der Waals surface area contributed by atoms with E-state index in [0.29, 0.717) is 12.7 Å². The van der Waals surface area contributed by atoms with E-state index in [1.165, 1.54) is 13.8 Å². The number of hydrogen-bond acceptors (Lipinski definition) is 14. The van der Waals surface area contributed by atoms with Crippen molar-refractivity contribution in [1.29, 1.82) is 0 Å². The molecule has 19 heteroatoms. The van der Waals surface area contributed by atoms with Gasteiger partial charge in [-0.2, -0.15) is 0 Å². The molecule has 0 saturated carbocycles. The number of anilines is 1. The van der Waals surface area contributed by atoms with E-state index in [4.69, 9.17) is 28.4 Å². The van der Waals surface area contributed by atoms with Crippen LogP contribution in [-0.2, 0) is 68.6 Å². The number of amides is 2. The summed E-state index contributed by atoms with van der Waals surface area (Å²) in [6.45, 7) is 3.93. The van der Waals surface area contributed by atoms with Crippen molar-refractivity contribution >= 4 is 121 Å². The van der Waals surface area contributed by atoms with Crippen molar-refractivity contribution in [2.75, 3.05) is 38.3 Å². The van der Waals surface area contributed by atoms with Gasteiger partial charge in [0.1, 0.15) is 33.0 Å². The molecule has 0 bridgehead atoms. The van der Waals surface area contributed by atoms with Crippen LogP contribution in [0.3, 0.4) is 0 Å². The maximum atomic E-state index is 14.0. The summed E-state index contributed by atoms with van der Waals surface area (Å²) in [5.41, 5.74) is -1.49. The third-order valence-electron chi connectivity index (χ3n) is 5.73. The molecule has 0 aliphatic heterocycles. The quantitative estimate of drug-likeness (QED) is 0.138. The SMILES string of the molecule is CC(=O)OCc1c(I)c(NC(=O)C(COC(C)=O)(COC(C)=O)COC(C)=O)c(I)c(C(=O)NCC(COC(C)=O)OC(C)=O)c1I. The minimum atomic E-state index is -1.93. The number of carbonyl (C=O) groups excluding carboxylic acids is 8. The average molecular weight is 1000 g/mol. The summed E-state index contributed by atoms with van der Waals surface area (Å²) in [7, 11) is 0. The highest BCUT2D eigenvalue weighted by molar-refractivity contribution is 14.1. The normalized spacial score (nSPS) is 11.3. The number of ether oxygens (including phenoxy) is 6. The molecule has 2 N–H and O–H groups in total. The molecule has 1 aromatic carbocycles. The first-order valence-corrected chi connectivity index (χ1v) is 16.7. The van der Waals surface area contributed by atoms with Crippen LogP contribution in [-0.4, -0.2) is 86.7 Å². The molecule has 1 atom stereocenters. The van der Waals surface area contributed by atoms with E-state index in [-0.39, 0.29) is 34.6 Å². The predicted molar refractivity (Wildman–Crippen MR) is 186 cm³/mol. The Kier molecular flexibility index (Phi) is 17.8. The van der Waals surface area contributed by atoms with E-state index in [1.807, 2.05) is 67.8 Å². The second-order valence-corrected chi connectivity index (χ2v) is 13.0. The number of hydrogen-bond donors (Lipinski definition) is 2. The van der Waals surface area contributed by atoms with Gasteiger partial charge in [-0.15, -0.1) is 0 Å². The van der Waals surface area contributed by atoms with Gasteiger partial charge in [0.25, 0.3) is 5.91 Å². The van der Waals surface area contributed by atoms with Gasteiger partial charge in [0.15, 0.2) is 11.5 Å². The molecule has 1 aromatic rings. The standard InChI is InChI=1S/C28H33I3N2O14/c1-13(34)42-8-19(47-18(6)39)7-32-26(40)21-22(29)20(9-43-14(2)35)23(30)25(24(21)31)33-27(41)28(10-44-15(3)36,11-45-16(4)37)12-46-17(5)38/h19H,7-12H2,1-6H3,(H,32,40)(H,33,41). The topological polar surface area (TPSA) is 216 Å². The molecule has 0 aliphatic carbocycles. The fourth-order valence-electron chi connectivity index (χ4n) is 3.49. The van der Waals surface area contributed by atoms with Crippen LogP contribution in [0.2, 0.25) is 0 Å². The number of rotatable bonds is 16. The molecule has 0 saturated heterocycles. The van der Waals surface area contributed by atoms with Gasteiger partial charge in [-0.3, -0.25) is 38.4 Å². The molecular formula is C28H33I3N2O14. The zero-order valence-corrected chi connectivity index (χ0v) is 32.6. The largest absolute Gasteiger partial charge is 0.464 e. The summed E-state index contributed by atoms with van der Waals surface area (Å²) in [4.78, 5) is 97.3. The van der Waals surface area contributed by atoms with Gasteiger partial charge < -0.3 is 39.1 Å². The highest BCUT2D eigenvalue weighted by Crippen LogP contribution is 2.37. The second kappa shape index (κ2) is 19.9. The monoisotopic (exact) mass is 1000 g/mol. The van der Waals surface area contributed by atoms with Crippen LogP contribution in [0.25, 0.3) is 0 Å². The second-order valence-electron chi connectivity index (χ2n) is 9.77. The van der Waals surface area contributed by atoms with Crippen LogP contribution in [0.5, 0.6) is 0 Å². The fraction of sp³-hybridized carbons (Fsp3) is 0.500. The Hall–Kier alpha value is -2.83. The van der Waals surface area contributed by atoms with Gasteiger partial charge in [-0.25, -0.2) is 0 Å². The van der Waals surface area contributed by atoms with E-state index in [2.05, 4.69) is 10.6 Å². The lowest BCUT2D eigenvalue weighted by Gasteiger charge is -2.31. The molecule has 2 amide bonds. The smallest absolute Gasteiger partial charge is 0.303 e. The Labute approximate surface area is 310 Å². The van der Waals surface area contributed by atoms with Crippen molar-refractivity contribution in [1.82, 2.24) is 5.32 Å². The van der Waals surface area contributed by atoms with Gasteiger partial charge in [-0.05, 0) is 67.8 Å². The fourth-order valence-corrected chi connectivity index (χ4v) is 7.72. The Bertz CT molecular complexity index is 1370. The van der Waals surface area contributed by atoms with E-state index in [9.17, 15) is 38.4 Å². The molecule has 47 heavy (non-hydrogen) atoms. The van der Waals surface area contributed by atoms with Crippen molar-refractivity contribution in [2.24, 2.45) is 5.41 Å².